The fourth-order valence-corrected chi connectivity index (χ4v) is 4.98. The molecule has 1 aliphatic heterocycles. The van der Waals surface area contributed by atoms with Gasteiger partial charge in [-0.1, -0.05) is 57.2 Å². The highest BCUT2D eigenvalue weighted by molar-refractivity contribution is 7.88. The van der Waals surface area contributed by atoms with E-state index in [1.54, 1.807) is 4.31 Å². The van der Waals surface area contributed by atoms with Gasteiger partial charge in [0, 0.05) is 24.3 Å². The van der Waals surface area contributed by atoms with E-state index in [1.165, 1.54) is 31.9 Å². The Labute approximate surface area is 166 Å². The molecular formula is C22H36N2O2S. The molecule has 2 rings (SSSR count). The van der Waals surface area contributed by atoms with Gasteiger partial charge in [-0.3, -0.25) is 4.31 Å². The van der Waals surface area contributed by atoms with Gasteiger partial charge in [0.1, 0.15) is 0 Å². The molecule has 0 N–H and O–H groups in total. The van der Waals surface area contributed by atoms with Crippen molar-refractivity contribution in [3.05, 3.63) is 35.9 Å². The number of likely N-dealkylation sites (N-methyl/N-ethyl adjacent to an activating group) is 1. The summed E-state index contributed by atoms with van der Waals surface area (Å²) in [5.74, 6) is 0. The number of fused-ring (bicyclic) bond motifs is 1. The average Bonchev–Trinajstić information content (AvgIpc) is 2.59. The summed E-state index contributed by atoms with van der Waals surface area (Å²) in [7, 11) is -3.33. The van der Waals surface area contributed by atoms with Crippen molar-refractivity contribution in [2.24, 2.45) is 0 Å². The van der Waals surface area contributed by atoms with Gasteiger partial charge in [0.15, 0.2) is 0 Å². The second-order valence-electron chi connectivity index (χ2n) is 8.05. The van der Waals surface area contributed by atoms with Crippen molar-refractivity contribution in [3.63, 3.8) is 0 Å². The van der Waals surface area contributed by atoms with E-state index in [-0.39, 0.29) is 5.54 Å². The predicted molar refractivity (Wildman–Crippen MR) is 116 cm³/mol. The van der Waals surface area contributed by atoms with Crippen LogP contribution in [0.15, 0.2) is 30.3 Å². The quantitative estimate of drug-likeness (QED) is 0.509. The number of sulfonamides is 1. The second kappa shape index (κ2) is 9.13. The van der Waals surface area contributed by atoms with Crippen LogP contribution in [0.3, 0.4) is 0 Å². The number of rotatable bonds is 10. The Morgan fingerprint density at radius 3 is 2.26 bits per heavy atom. The van der Waals surface area contributed by atoms with Crippen LogP contribution in [0.2, 0.25) is 0 Å². The summed E-state index contributed by atoms with van der Waals surface area (Å²) >= 11 is 0. The molecule has 0 aliphatic carbocycles. The molecule has 0 fully saturated rings. The Morgan fingerprint density at radius 2 is 1.63 bits per heavy atom. The van der Waals surface area contributed by atoms with Crippen LogP contribution in [0.25, 0.3) is 5.70 Å². The summed E-state index contributed by atoms with van der Waals surface area (Å²) in [5.41, 5.74) is 2.72. The fourth-order valence-electron chi connectivity index (χ4n) is 4.01. The smallest absolute Gasteiger partial charge is 0.232 e. The molecule has 0 aromatic heterocycles. The van der Waals surface area contributed by atoms with E-state index in [2.05, 4.69) is 44.7 Å². The van der Waals surface area contributed by atoms with E-state index in [1.807, 2.05) is 18.2 Å². The molecule has 1 aromatic rings. The molecule has 152 valence electrons. The zero-order valence-electron chi connectivity index (χ0n) is 17.7. The summed E-state index contributed by atoms with van der Waals surface area (Å²) in [6, 6.07) is 8.15. The first-order valence-electron chi connectivity index (χ1n) is 10.3. The van der Waals surface area contributed by atoms with Gasteiger partial charge in [-0.05, 0) is 39.3 Å². The highest BCUT2D eigenvalue weighted by Gasteiger charge is 2.35. The maximum Gasteiger partial charge on any atom is 0.232 e. The molecule has 0 amide bonds. The van der Waals surface area contributed by atoms with E-state index in [0.29, 0.717) is 6.54 Å². The minimum Gasteiger partial charge on any atom is -0.363 e. The third kappa shape index (κ3) is 5.28. The zero-order chi connectivity index (χ0) is 20.1. The molecule has 0 saturated carbocycles. The number of hydrogen-bond acceptors (Lipinski definition) is 3. The summed E-state index contributed by atoms with van der Waals surface area (Å²) in [5, 5.41) is 0. The molecule has 1 aromatic carbocycles. The van der Waals surface area contributed by atoms with Crippen LogP contribution in [0.1, 0.15) is 71.8 Å². The standard InChI is InChI=1S/C22H36N2O2S/c1-6-8-9-10-11-14-17-24(27(5,25)26)21-18-22(3,4)23(7-2)20-16-13-12-15-19(20)21/h12-13,15-16,18H,6-11,14,17H2,1-5H3. The third-order valence-electron chi connectivity index (χ3n) is 5.36. The molecule has 0 bridgehead atoms. The number of nitrogens with zero attached hydrogens (tertiary/aromatic N) is 2. The van der Waals surface area contributed by atoms with E-state index in [0.717, 1.165) is 36.3 Å². The molecule has 5 heteroatoms. The van der Waals surface area contributed by atoms with Crippen LogP contribution >= 0.6 is 0 Å². The molecule has 0 atom stereocenters. The van der Waals surface area contributed by atoms with E-state index < -0.39 is 10.0 Å². The maximum atomic E-state index is 12.6. The molecule has 0 unspecified atom stereocenters. The van der Waals surface area contributed by atoms with Crippen molar-refractivity contribution >= 4 is 21.4 Å². The van der Waals surface area contributed by atoms with Gasteiger partial charge >= 0.3 is 0 Å². The lowest BCUT2D eigenvalue weighted by Crippen LogP contribution is -2.47. The van der Waals surface area contributed by atoms with Crippen molar-refractivity contribution in [3.8, 4) is 0 Å². The van der Waals surface area contributed by atoms with Gasteiger partial charge in [0.05, 0.1) is 17.5 Å². The lowest BCUT2D eigenvalue weighted by molar-refractivity contribution is 0.481. The Kier molecular flexibility index (Phi) is 7.38. The molecule has 0 saturated heterocycles. The molecule has 4 nitrogen and oxygen atoms in total. The van der Waals surface area contributed by atoms with Crippen molar-refractivity contribution in [1.29, 1.82) is 0 Å². The Hall–Kier alpha value is -1.49. The summed E-state index contributed by atoms with van der Waals surface area (Å²) in [4.78, 5) is 2.33. The molecular weight excluding hydrogens is 356 g/mol. The number of para-hydroxylation sites is 1. The van der Waals surface area contributed by atoms with Gasteiger partial charge in [-0.25, -0.2) is 8.42 Å². The topological polar surface area (TPSA) is 40.6 Å². The monoisotopic (exact) mass is 392 g/mol. The van der Waals surface area contributed by atoms with E-state index >= 15 is 0 Å². The van der Waals surface area contributed by atoms with E-state index in [9.17, 15) is 8.42 Å². The van der Waals surface area contributed by atoms with Crippen LogP contribution in [0.5, 0.6) is 0 Å². The first-order valence-corrected chi connectivity index (χ1v) is 12.1. The number of benzene rings is 1. The van der Waals surface area contributed by atoms with Gasteiger partial charge in [-0.15, -0.1) is 0 Å². The average molecular weight is 393 g/mol. The van der Waals surface area contributed by atoms with Gasteiger partial charge < -0.3 is 4.90 Å². The van der Waals surface area contributed by atoms with Crippen molar-refractivity contribution < 1.29 is 8.42 Å². The van der Waals surface area contributed by atoms with Crippen LogP contribution in [-0.4, -0.2) is 37.6 Å². The predicted octanol–water partition coefficient (Wildman–Crippen LogP) is 5.27. The highest BCUT2D eigenvalue weighted by atomic mass is 32.2. The van der Waals surface area contributed by atoms with Crippen molar-refractivity contribution in [2.75, 3.05) is 24.2 Å². The van der Waals surface area contributed by atoms with Crippen LogP contribution in [-0.2, 0) is 10.0 Å². The second-order valence-corrected chi connectivity index (χ2v) is 9.95. The summed E-state index contributed by atoms with van der Waals surface area (Å²) in [6.45, 7) is 10.1. The minimum atomic E-state index is -3.33. The highest BCUT2D eigenvalue weighted by Crippen LogP contribution is 2.40. The maximum absolute atomic E-state index is 12.6. The Bertz CT molecular complexity index is 753. The third-order valence-corrected chi connectivity index (χ3v) is 6.54. The van der Waals surface area contributed by atoms with Crippen molar-refractivity contribution in [2.45, 2.75) is 71.8 Å². The molecule has 27 heavy (non-hydrogen) atoms. The van der Waals surface area contributed by atoms with Crippen molar-refractivity contribution in [1.82, 2.24) is 4.31 Å². The zero-order valence-corrected chi connectivity index (χ0v) is 18.5. The van der Waals surface area contributed by atoms with E-state index in [4.69, 9.17) is 0 Å². The van der Waals surface area contributed by atoms with Crippen LogP contribution in [0.4, 0.5) is 5.69 Å². The number of hydrogen-bond donors (Lipinski definition) is 0. The Balaban J connectivity index is 2.30. The lowest BCUT2D eigenvalue weighted by Gasteiger charge is -2.44. The van der Waals surface area contributed by atoms with Gasteiger partial charge in [0.2, 0.25) is 10.0 Å². The van der Waals surface area contributed by atoms with Gasteiger partial charge in [-0.2, -0.15) is 0 Å². The first-order chi connectivity index (χ1) is 12.7. The van der Waals surface area contributed by atoms with Crippen LogP contribution < -0.4 is 4.90 Å². The number of anilines is 1. The largest absolute Gasteiger partial charge is 0.363 e. The minimum absolute atomic E-state index is 0.234. The fraction of sp³-hybridized carbons (Fsp3) is 0.636. The molecule has 1 aliphatic rings. The summed E-state index contributed by atoms with van der Waals surface area (Å²) < 4.78 is 26.9. The van der Waals surface area contributed by atoms with Crippen LogP contribution in [0, 0.1) is 0 Å². The lowest BCUT2D eigenvalue weighted by atomic mass is 9.91. The first kappa shape index (κ1) is 21.8. The SMILES string of the molecule is CCCCCCCCN(C1=CC(C)(C)N(CC)c2ccccc21)S(C)(=O)=O. The molecule has 1 heterocycles. The summed E-state index contributed by atoms with van der Waals surface area (Å²) in [6.07, 6.45) is 10.3. The number of unbranched alkanes of at least 4 members (excludes halogenated alkanes) is 5. The molecule has 0 spiro atoms. The normalized spacial score (nSPS) is 16.0. The van der Waals surface area contributed by atoms with Gasteiger partial charge in [0.25, 0.3) is 0 Å². The molecule has 0 radical (unpaired) electrons. The Morgan fingerprint density at radius 1 is 1.00 bits per heavy atom.